The van der Waals surface area contributed by atoms with Crippen molar-refractivity contribution in [3.63, 3.8) is 0 Å². The maximum Gasteiger partial charge on any atom is 0.229 e. The van der Waals surface area contributed by atoms with E-state index < -0.39 is 20.5 Å². The second-order valence-electron chi connectivity index (χ2n) is 4.43. The average molecular weight is 308 g/mol. The van der Waals surface area contributed by atoms with Crippen molar-refractivity contribution in [3.8, 4) is 0 Å². The minimum Gasteiger partial charge on any atom is -0.274 e. The first-order valence-corrected chi connectivity index (χ1v) is 7.91. The number of nitrogens with zero attached hydrogens (tertiary/aromatic N) is 2. The Kier molecular flexibility index (Phi) is 4.04. The number of amides is 1. The van der Waals surface area contributed by atoms with Gasteiger partial charge in [0.25, 0.3) is 0 Å². The molecule has 0 radical (unpaired) electrons. The number of hydrogen-bond donors (Lipinski definition) is 0. The van der Waals surface area contributed by atoms with Gasteiger partial charge in [0.05, 0.1) is 5.69 Å². The summed E-state index contributed by atoms with van der Waals surface area (Å²) in [6.45, 7) is 1.32. The van der Waals surface area contributed by atoms with E-state index in [2.05, 4.69) is 4.98 Å². The average Bonchev–Trinajstić information content (AvgIpc) is 2.38. The van der Waals surface area contributed by atoms with Gasteiger partial charge in [-0.3, -0.25) is 9.69 Å². The van der Waals surface area contributed by atoms with Crippen molar-refractivity contribution in [2.45, 2.75) is 11.8 Å². The molecule has 0 saturated carbocycles. The zero-order valence-corrected chi connectivity index (χ0v) is 12.3. The van der Waals surface area contributed by atoms with Crippen molar-refractivity contribution in [3.05, 3.63) is 48.4 Å². The first-order chi connectivity index (χ1) is 9.80. The zero-order valence-electron chi connectivity index (χ0n) is 11.4. The van der Waals surface area contributed by atoms with Crippen molar-refractivity contribution in [1.82, 2.24) is 4.98 Å². The van der Waals surface area contributed by atoms with Gasteiger partial charge in [0, 0.05) is 19.4 Å². The topological polar surface area (TPSA) is 67.3 Å². The van der Waals surface area contributed by atoms with E-state index in [-0.39, 0.29) is 11.6 Å². The predicted molar refractivity (Wildman–Crippen MR) is 76.6 cm³/mol. The molecule has 110 valence electrons. The van der Waals surface area contributed by atoms with Crippen LogP contribution in [0.3, 0.4) is 0 Å². The van der Waals surface area contributed by atoms with Crippen LogP contribution in [0.4, 0.5) is 15.9 Å². The highest BCUT2D eigenvalue weighted by Crippen LogP contribution is 2.27. The Morgan fingerprint density at radius 3 is 2.43 bits per heavy atom. The molecule has 2 aromatic rings. The number of halogens is 1. The molecule has 0 aliphatic carbocycles. The van der Waals surface area contributed by atoms with E-state index in [0.29, 0.717) is 5.82 Å². The minimum absolute atomic E-state index is 0.214. The largest absolute Gasteiger partial charge is 0.274 e. The molecule has 1 aromatic heterocycles. The van der Waals surface area contributed by atoms with Gasteiger partial charge in [0.15, 0.2) is 9.84 Å². The van der Waals surface area contributed by atoms with Crippen LogP contribution >= 0.6 is 0 Å². The van der Waals surface area contributed by atoms with Crippen molar-refractivity contribution >= 4 is 27.2 Å². The second kappa shape index (κ2) is 5.61. The van der Waals surface area contributed by atoms with E-state index in [1.54, 1.807) is 18.2 Å². The van der Waals surface area contributed by atoms with Gasteiger partial charge in [-0.05, 0) is 30.3 Å². The molecular formula is C14H13FN2O3S. The van der Waals surface area contributed by atoms with E-state index in [0.717, 1.165) is 18.4 Å². The minimum atomic E-state index is -3.65. The molecule has 0 unspecified atom stereocenters. The molecule has 0 saturated heterocycles. The number of anilines is 2. The summed E-state index contributed by atoms with van der Waals surface area (Å²) in [5.74, 6) is -0.936. The third-order valence-electron chi connectivity index (χ3n) is 2.77. The molecule has 1 amide bonds. The standard InChI is InChI=1S/C14H13FN2O3S/c1-10(18)17(14-5-3-4-8-16-14)11-6-7-13(12(15)9-11)21(2,19)20/h3-9H,1-2H3. The molecule has 0 bridgehead atoms. The molecule has 0 atom stereocenters. The summed E-state index contributed by atoms with van der Waals surface area (Å²) in [7, 11) is -3.65. The molecule has 0 aliphatic heterocycles. The van der Waals surface area contributed by atoms with Crippen LogP contribution < -0.4 is 4.90 Å². The summed E-state index contributed by atoms with van der Waals surface area (Å²) in [4.78, 5) is 16.6. The highest BCUT2D eigenvalue weighted by Gasteiger charge is 2.19. The van der Waals surface area contributed by atoms with Crippen LogP contribution in [0, 0.1) is 5.82 Å². The number of sulfone groups is 1. The lowest BCUT2D eigenvalue weighted by atomic mass is 10.2. The molecule has 1 heterocycles. The quantitative estimate of drug-likeness (QED) is 0.872. The van der Waals surface area contributed by atoms with Crippen molar-refractivity contribution in [2.24, 2.45) is 0 Å². The van der Waals surface area contributed by atoms with Gasteiger partial charge in [-0.25, -0.2) is 17.8 Å². The van der Waals surface area contributed by atoms with Crippen LogP contribution in [0.25, 0.3) is 0 Å². The predicted octanol–water partition coefficient (Wildman–Crippen LogP) is 2.31. The number of hydrogen-bond acceptors (Lipinski definition) is 4. The van der Waals surface area contributed by atoms with Crippen molar-refractivity contribution in [2.75, 3.05) is 11.2 Å². The Balaban J connectivity index is 2.54. The molecule has 21 heavy (non-hydrogen) atoms. The molecule has 1 aromatic carbocycles. The van der Waals surface area contributed by atoms with Crippen LogP contribution in [0.5, 0.6) is 0 Å². The lowest BCUT2D eigenvalue weighted by molar-refractivity contribution is -0.115. The SMILES string of the molecule is CC(=O)N(c1ccc(S(C)(=O)=O)c(F)c1)c1ccccn1. The van der Waals surface area contributed by atoms with Gasteiger partial charge in [-0.2, -0.15) is 0 Å². The van der Waals surface area contributed by atoms with Gasteiger partial charge in [-0.1, -0.05) is 6.07 Å². The van der Waals surface area contributed by atoms with E-state index in [4.69, 9.17) is 0 Å². The summed E-state index contributed by atoms with van der Waals surface area (Å²) in [6.07, 6.45) is 2.43. The lowest BCUT2D eigenvalue weighted by Gasteiger charge is -2.20. The van der Waals surface area contributed by atoms with Crippen LogP contribution in [-0.4, -0.2) is 25.6 Å². The molecule has 0 aliphatic rings. The summed E-state index contributed by atoms with van der Waals surface area (Å²) in [5.41, 5.74) is 0.214. The van der Waals surface area contributed by atoms with Crippen molar-refractivity contribution < 1.29 is 17.6 Å². The van der Waals surface area contributed by atoms with Gasteiger partial charge in [0.1, 0.15) is 16.5 Å². The summed E-state index contributed by atoms with van der Waals surface area (Å²) in [5, 5.41) is 0. The van der Waals surface area contributed by atoms with E-state index in [1.165, 1.54) is 24.1 Å². The highest BCUT2D eigenvalue weighted by atomic mass is 32.2. The van der Waals surface area contributed by atoms with Gasteiger partial charge >= 0.3 is 0 Å². The Hall–Kier alpha value is -2.28. The maximum atomic E-state index is 13.9. The molecule has 5 nitrogen and oxygen atoms in total. The summed E-state index contributed by atoms with van der Waals surface area (Å²) >= 11 is 0. The van der Waals surface area contributed by atoms with Gasteiger partial charge in [0.2, 0.25) is 5.91 Å². The van der Waals surface area contributed by atoms with Crippen LogP contribution in [-0.2, 0) is 14.6 Å². The van der Waals surface area contributed by atoms with Crippen LogP contribution in [0.15, 0.2) is 47.5 Å². The fraction of sp³-hybridized carbons (Fsp3) is 0.143. The Labute approximate surface area is 122 Å². The number of rotatable bonds is 3. The molecule has 2 rings (SSSR count). The molecule has 0 fully saturated rings. The zero-order chi connectivity index (χ0) is 15.6. The number of carbonyl (C=O) groups is 1. The molecule has 0 spiro atoms. The summed E-state index contributed by atoms with van der Waals surface area (Å²) < 4.78 is 36.8. The van der Waals surface area contributed by atoms with Crippen LogP contribution in [0.2, 0.25) is 0 Å². The molecular weight excluding hydrogens is 295 g/mol. The van der Waals surface area contributed by atoms with Gasteiger partial charge < -0.3 is 0 Å². The lowest BCUT2D eigenvalue weighted by Crippen LogP contribution is -2.23. The number of carbonyl (C=O) groups excluding carboxylic acids is 1. The third-order valence-corrected chi connectivity index (χ3v) is 3.90. The van der Waals surface area contributed by atoms with E-state index in [9.17, 15) is 17.6 Å². The molecule has 0 N–H and O–H groups in total. The van der Waals surface area contributed by atoms with E-state index >= 15 is 0 Å². The second-order valence-corrected chi connectivity index (χ2v) is 6.41. The van der Waals surface area contributed by atoms with E-state index in [1.807, 2.05) is 0 Å². The van der Waals surface area contributed by atoms with Crippen LogP contribution in [0.1, 0.15) is 6.92 Å². The number of aromatic nitrogens is 1. The Morgan fingerprint density at radius 2 is 1.95 bits per heavy atom. The van der Waals surface area contributed by atoms with Gasteiger partial charge in [-0.15, -0.1) is 0 Å². The fourth-order valence-electron chi connectivity index (χ4n) is 1.89. The Bertz CT molecular complexity index is 776. The maximum absolute atomic E-state index is 13.9. The first-order valence-electron chi connectivity index (χ1n) is 6.02. The first kappa shape index (κ1) is 15.1. The monoisotopic (exact) mass is 308 g/mol. The third kappa shape index (κ3) is 3.25. The number of pyridine rings is 1. The number of benzene rings is 1. The van der Waals surface area contributed by atoms with Crippen molar-refractivity contribution in [1.29, 1.82) is 0 Å². The Morgan fingerprint density at radius 1 is 1.24 bits per heavy atom. The smallest absolute Gasteiger partial charge is 0.229 e. The summed E-state index contributed by atoms with van der Waals surface area (Å²) in [6, 6.07) is 8.50. The fourth-order valence-corrected chi connectivity index (χ4v) is 2.62. The molecule has 7 heteroatoms. The highest BCUT2D eigenvalue weighted by molar-refractivity contribution is 7.90. The normalized spacial score (nSPS) is 11.2.